The minimum atomic E-state index is -0.373. The molecular weight excluding hydrogens is 344 g/mol. The van der Waals surface area contributed by atoms with Gasteiger partial charge in [-0.1, -0.05) is 48.5 Å². The number of rotatable bonds is 7. The third-order valence-corrected chi connectivity index (χ3v) is 3.89. The largest absolute Gasteiger partial charge is 0.459 e. The van der Waals surface area contributed by atoms with E-state index in [0.29, 0.717) is 16.7 Å². The molecule has 0 radical (unpaired) electrons. The van der Waals surface area contributed by atoms with Crippen molar-refractivity contribution in [1.82, 2.24) is 10.6 Å². The van der Waals surface area contributed by atoms with Crippen LogP contribution in [0, 0.1) is 0 Å². The Morgan fingerprint density at radius 2 is 1.33 bits per heavy atom. The zero-order valence-corrected chi connectivity index (χ0v) is 14.5. The van der Waals surface area contributed by atoms with Crippen LogP contribution in [-0.2, 0) is 0 Å². The number of benzene rings is 2. The molecule has 0 aliphatic carbocycles. The van der Waals surface area contributed by atoms with Crippen LogP contribution in [0.4, 0.5) is 0 Å². The van der Waals surface area contributed by atoms with Gasteiger partial charge in [-0.15, -0.1) is 0 Å². The first-order chi connectivity index (χ1) is 13.2. The molecule has 0 spiro atoms. The molecule has 0 aliphatic heterocycles. The minimum Gasteiger partial charge on any atom is -0.459 e. The summed E-state index contributed by atoms with van der Waals surface area (Å²) in [5, 5.41) is 5.35. The number of amides is 2. The van der Waals surface area contributed by atoms with Gasteiger partial charge in [0.15, 0.2) is 11.5 Å². The van der Waals surface area contributed by atoms with E-state index in [1.165, 1.54) is 6.26 Å². The number of carbonyl (C=O) groups excluding carboxylic acids is 3. The fraction of sp³-hybridized carbons (Fsp3) is 0.0952. The number of furan rings is 1. The SMILES string of the molecule is O=C(NCCNC(=O)c1ccccc1C(=O)c1ccccc1)c1ccco1. The lowest BCUT2D eigenvalue weighted by Crippen LogP contribution is -2.35. The Labute approximate surface area is 156 Å². The number of hydrogen-bond donors (Lipinski definition) is 2. The molecule has 1 heterocycles. The summed E-state index contributed by atoms with van der Waals surface area (Å²) in [6.45, 7) is 0.458. The number of hydrogen-bond acceptors (Lipinski definition) is 4. The van der Waals surface area contributed by atoms with E-state index in [2.05, 4.69) is 10.6 Å². The Kier molecular flexibility index (Phi) is 5.79. The first-order valence-electron chi connectivity index (χ1n) is 8.45. The normalized spacial score (nSPS) is 10.2. The average Bonchev–Trinajstić information content (AvgIpc) is 3.26. The Balaban J connectivity index is 1.60. The van der Waals surface area contributed by atoms with Crippen molar-refractivity contribution >= 4 is 17.6 Å². The van der Waals surface area contributed by atoms with Crippen LogP contribution in [-0.4, -0.2) is 30.7 Å². The van der Waals surface area contributed by atoms with Crippen LogP contribution in [0.2, 0.25) is 0 Å². The Hall–Kier alpha value is -3.67. The van der Waals surface area contributed by atoms with Crippen molar-refractivity contribution in [1.29, 1.82) is 0 Å². The maximum absolute atomic E-state index is 12.7. The van der Waals surface area contributed by atoms with Crippen molar-refractivity contribution in [2.24, 2.45) is 0 Å². The van der Waals surface area contributed by atoms with Gasteiger partial charge in [-0.25, -0.2) is 0 Å². The van der Waals surface area contributed by atoms with Gasteiger partial charge in [-0.2, -0.15) is 0 Å². The lowest BCUT2D eigenvalue weighted by Gasteiger charge is -2.10. The minimum absolute atomic E-state index is 0.208. The average molecular weight is 362 g/mol. The summed E-state index contributed by atoms with van der Waals surface area (Å²) in [5.74, 6) is -0.733. The summed E-state index contributed by atoms with van der Waals surface area (Å²) < 4.78 is 4.99. The van der Waals surface area contributed by atoms with Gasteiger partial charge >= 0.3 is 0 Å². The van der Waals surface area contributed by atoms with Crippen molar-refractivity contribution in [2.45, 2.75) is 0 Å². The molecule has 136 valence electrons. The van der Waals surface area contributed by atoms with E-state index in [9.17, 15) is 14.4 Å². The molecule has 3 rings (SSSR count). The predicted molar refractivity (Wildman–Crippen MR) is 99.7 cm³/mol. The summed E-state index contributed by atoms with van der Waals surface area (Å²) in [4.78, 5) is 36.9. The zero-order valence-electron chi connectivity index (χ0n) is 14.5. The topological polar surface area (TPSA) is 88.4 Å². The molecule has 0 unspecified atom stereocenters. The number of ketones is 1. The van der Waals surface area contributed by atoms with Crippen LogP contribution in [0.1, 0.15) is 36.8 Å². The van der Waals surface area contributed by atoms with Crippen molar-refractivity contribution in [3.05, 3.63) is 95.4 Å². The van der Waals surface area contributed by atoms with E-state index in [1.807, 2.05) is 6.07 Å². The lowest BCUT2D eigenvalue weighted by molar-refractivity contribution is 0.0909. The van der Waals surface area contributed by atoms with Gasteiger partial charge in [-0.3, -0.25) is 14.4 Å². The molecule has 2 N–H and O–H groups in total. The highest BCUT2D eigenvalue weighted by Gasteiger charge is 2.17. The van der Waals surface area contributed by atoms with E-state index in [1.54, 1.807) is 60.7 Å². The van der Waals surface area contributed by atoms with Crippen molar-refractivity contribution in [3.8, 4) is 0 Å². The Morgan fingerprint density at radius 1 is 0.704 bits per heavy atom. The molecule has 2 aromatic carbocycles. The number of nitrogens with one attached hydrogen (secondary N) is 2. The van der Waals surface area contributed by atoms with Crippen molar-refractivity contribution in [3.63, 3.8) is 0 Å². The molecular formula is C21H18N2O4. The van der Waals surface area contributed by atoms with Crippen LogP contribution in [0.15, 0.2) is 77.4 Å². The van der Waals surface area contributed by atoms with E-state index < -0.39 is 0 Å². The fourth-order valence-corrected chi connectivity index (χ4v) is 2.57. The van der Waals surface area contributed by atoms with Gasteiger partial charge in [0.05, 0.1) is 11.8 Å². The first-order valence-corrected chi connectivity index (χ1v) is 8.45. The smallest absolute Gasteiger partial charge is 0.287 e. The number of carbonyl (C=O) groups is 3. The second-order valence-electron chi connectivity index (χ2n) is 5.73. The molecule has 0 atom stereocenters. The summed E-state index contributed by atoms with van der Waals surface area (Å²) in [6.07, 6.45) is 1.41. The molecule has 2 amide bonds. The summed E-state index contributed by atoms with van der Waals surface area (Å²) in [6, 6.07) is 18.6. The molecule has 0 saturated heterocycles. The monoisotopic (exact) mass is 362 g/mol. The molecule has 1 aromatic heterocycles. The molecule has 6 heteroatoms. The second kappa shape index (κ2) is 8.62. The van der Waals surface area contributed by atoms with Crippen LogP contribution in [0.3, 0.4) is 0 Å². The third-order valence-electron chi connectivity index (χ3n) is 3.89. The molecule has 0 fully saturated rings. The van der Waals surface area contributed by atoms with Gasteiger partial charge in [-0.05, 0) is 18.2 Å². The summed E-state index contributed by atoms with van der Waals surface area (Å²) >= 11 is 0. The van der Waals surface area contributed by atoms with Gasteiger partial charge in [0.2, 0.25) is 0 Å². The molecule has 27 heavy (non-hydrogen) atoms. The molecule has 6 nitrogen and oxygen atoms in total. The lowest BCUT2D eigenvalue weighted by atomic mass is 9.98. The van der Waals surface area contributed by atoms with Gasteiger partial charge < -0.3 is 15.1 Å². The van der Waals surface area contributed by atoms with Crippen LogP contribution >= 0.6 is 0 Å². The van der Waals surface area contributed by atoms with Crippen LogP contribution in [0.25, 0.3) is 0 Å². The summed E-state index contributed by atoms with van der Waals surface area (Å²) in [5.41, 5.74) is 1.15. The highest BCUT2D eigenvalue weighted by atomic mass is 16.3. The van der Waals surface area contributed by atoms with E-state index in [-0.39, 0.29) is 36.4 Å². The van der Waals surface area contributed by atoms with Gasteiger partial charge in [0, 0.05) is 24.2 Å². The highest BCUT2D eigenvalue weighted by molar-refractivity contribution is 6.15. The van der Waals surface area contributed by atoms with Crippen LogP contribution < -0.4 is 10.6 Å². The molecule has 3 aromatic rings. The fourth-order valence-electron chi connectivity index (χ4n) is 2.57. The van der Waals surface area contributed by atoms with E-state index in [4.69, 9.17) is 4.42 Å². The molecule has 0 aliphatic rings. The van der Waals surface area contributed by atoms with Gasteiger partial charge in [0.25, 0.3) is 11.8 Å². The Morgan fingerprint density at radius 3 is 2.00 bits per heavy atom. The Bertz CT molecular complexity index is 934. The predicted octanol–water partition coefficient (Wildman–Crippen LogP) is 2.67. The van der Waals surface area contributed by atoms with Crippen molar-refractivity contribution < 1.29 is 18.8 Å². The molecule has 0 bridgehead atoms. The maximum atomic E-state index is 12.7. The molecule has 0 saturated carbocycles. The standard InChI is InChI=1S/C21H18N2O4/c24-19(15-7-2-1-3-8-15)16-9-4-5-10-17(16)20(25)22-12-13-23-21(26)18-11-6-14-27-18/h1-11,14H,12-13H2,(H,22,25)(H,23,26). The quantitative estimate of drug-likeness (QED) is 0.500. The van der Waals surface area contributed by atoms with E-state index in [0.717, 1.165) is 0 Å². The first kappa shape index (κ1) is 18.1. The highest BCUT2D eigenvalue weighted by Crippen LogP contribution is 2.14. The zero-order chi connectivity index (χ0) is 19.1. The van der Waals surface area contributed by atoms with Gasteiger partial charge in [0.1, 0.15) is 0 Å². The van der Waals surface area contributed by atoms with E-state index >= 15 is 0 Å². The summed E-state index contributed by atoms with van der Waals surface area (Å²) in [7, 11) is 0. The third kappa shape index (κ3) is 4.49. The maximum Gasteiger partial charge on any atom is 0.287 e. The van der Waals surface area contributed by atoms with Crippen LogP contribution in [0.5, 0.6) is 0 Å². The second-order valence-corrected chi connectivity index (χ2v) is 5.73. The van der Waals surface area contributed by atoms with Crippen molar-refractivity contribution in [2.75, 3.05) is 13.1 Å².